The topological polar surface area (TPSA) is 52.1 Å². The van der Waals surface area contributed by atoms with Crippen LogP contribution in [0.25, 0.3) is 5.69 Å². The molecule has 27 heavy (non-hydrogen) atoms. The van der Waals surface area contributed by atoms with Crippen LogP contribution in [0.3, 0.4) is 0 Å². The third-order valence-corrected chi connectivity index (χ3v) is 4.95. The molecule has 1 aromatic heterocycles. The highest BCUT2D eigenvalue weighted by molar-refractivity contribution is 7.71. The maximum Gasteiger partial charge on any atom is 0.199 e. The maximum absolute atomic E-state index is 5.83. The molecule has 0 atom stereocenters. The molecular weight excluding hydrogens is 358 g/mol. The monoisotopic (exact) mass is 391 g/mol. The van der Waals surface area contributed by atoms with Crippen LogP contribution >= 0.6 is 12.2 Å². The van der Waals surface area contributed by atoms with Gasteiger partial charge in [0.25, 0.3) is 0 Å². The summed E-state index contributed by atoms with van der Waals surface area (Å²) in [4.78, 5) is 0. The minimum absolute atomic E-state index is 0.446. The molecule has 0 unspecified atom stereocenters. The van der Waals surface area contributed by atoms with E-state index in [0.717, 1.165) is 30.3 Å². The fourth-order valence-corrected chi connectivity index (χ4v) is 3.38. The van der Waals surface area contributed by atoms with Crippen molar-refractivity contribution >= 4 is 12.2 Å². The lowest BCUT2D eigenvalue weighted by Crippen LogP contribution is -2.05. The minimum Gasteiger partial charge on any atom is -0.497 e. The molecule has 2 rings (SSSR count). The zero-order valence-corrected chi connectivity index (χ0v) is 17.5. The molecule has 0 radical (unpaired) electrons. The quantitative estimate of drug-likeness (QED) is 0.318. The lowest BCUT2D eigenvalue weighted by molar-refractivity contribution is 0.110. The number of rotatable bonds is 14. The van der Waals surface area contributed by atoms with Crippen LogP contribution in [0.2, 0.25) is 0 Å². The molecule has 0 bridgehead atoms. The van der Waals surface area contributed by atoms with E-state index in [1.165, 1.54) is 51.4 Å². The number of hydrogen-bond acceptors (Lipinski definition) is 4. The number of unbranched alkanes of at least 4 members (excludes halogenated alkanes) is 8. The first kappa shape index (κ1) is 21.6. The first-order valence-corrected chi connectivity index (χ1v) is 10.6. The standard InChI is InChI=1S/C21H33N3O2S/c1-3-4-5-6-7-8-9-10-11-15-26-17-20-22-23-21(27)24(20)18-13-12-14-19(16-18)25-2/h12-14,16H,3-11,15,17H2,1-2H3,(H,23,27). The highest BCUT2D eigenvalue weighted by Gasteiger charge is 2.09. The van der Waals surface area contributed by atoms with Gasteiger partial charge in [-0.05, 0) is 30.8 Å². The summed E-state index contributed by atoms with van der Waals surface area (Å²) >= 11 is 5.37. The van der Waals surface area contributed by atoms with Crippen LogP contribution in [0.15, 0.2) is 24.3 Å². The van der Waals surface area contributed by atoms with Gasteiger partial charge in [0.05, 0.1) is 12.8 Å². The van der Waals surface area contributed by atoms with Crippen molar-refractivity contribution in [3.8, 4) is 11.4 Å². The van der Waals surface area contributed by atoms with Gasteiger partial charge in [-0.1, -0.05) is 64.4 Å². The van der Waals surface area contributed by atoms with Crippen molar-refractivity contribution in [2.75, 3.05) is 13.7 Å². The normalized spacial score (nSPS) is 11.0. The van der Waals surface area contributed by atoms with Crippen molar-refractivity contribution in [2.45, 2.75) is 71.3 Å². The Balaban J connectivity index is 1.69. The molecule has 0 saturated heterocycles. The third kappa shape index (κ3) is 7.46. The summed E-state index contributed by atoms with van der Waals surface area (Å²) in [6, 6.07) is 7.77. The van der Waals surface area contributed by atoms with Crippen molar-refractivity contribution in [2.24, 2.45) is 0 Å². The molecule has 0 aliphatic heterocycles. The summed E-state index contributed by atoms with van der Waals surface area (Å²) in [5, 5.41) is 7.17. The zero-order valence-electron chi connectivity index (χ0n) is 16.7. The number of nitrogens with one attached hydrogen (secondary N) is 1. The molecule has 1 N–H and O–H groups in total. The van der Waals surface area contributed by atoms with Crippen LogP contribution in [0.1, 0.15) is 70.5 Å². The minimum atomic E-state index is 0.446. The van der Waals surface area contributed by atoms with Crippen molar-refractivity contribution in [1.82, 2.24) is 14.8 Å². The lowest BCUT2D eigenvalue weighted by atomic mass is 10.1. The number of aromatic nitrogens is 3. The van der Waals surface area contributed by atoms with E-state index < -0.39 is 0 Å². The second kappa shape index (κ2) is 12.7. The van der Waals surface area contributed by atoms with Crippen LogP contribution in [0.4, 0.5) is 0 Å². The van der Waals surface area contributed by atoms with Gasteiger partial charge in [-0.15, -0.1) is 0 Å². The molecule has 0 saturated carbocycles. The smallest absolute Gasteiger partial charge is 0.199 e. The molecular formula is C21H33N3O2S. The van der Waals surface area contributed by atoms with Gasteiger partial charge in [0, 0.05) is 12.7 Å². The molecule has 0 amide bonds. The van der Waals surface area contributed by atoms with E-state index in [-0.39, 0.29) is 0 Å². The molecule has 0 fully saturated rings. The van der Waals surface area contributed by atoms with Crippen LogP contribution in [-0.2, 0) is 11.3 Å². The Morgan fingerprint density at radius 3 is 2.44 bits per heavy atom. The van der Waals surface area contributed by atoms with Crippen molar-refractivity contribution in [1.29, 1.82) is 0 Å². The number of ether oxygens (including phenoxy) is 2. The Bertz CT molecular complexity index is 711. The number of hydrogen-bond donors (Lipinski definition) is 1. The second-order valence-electron chi connectivity index (χ2n) is 6.86. The highest BCUT2D eigenvalue weighted by atomic mass is 32.1. The van der Waals surface area contributed by atoms with Crippen LogP contribution in [0.5, 0.6) is 5.75 Å². The van der Waals surface area contributed by atoms with Gasteiger partial charge in [-0.3, -0.25) is 9.67 Å². The molecule has 2 aromatic rings. The summed E-state index contributed by atoms with van der Waals surface area (Å²) in [5.41, 5.74) is 0.926. The molecule has 6 heteroatoms. The van der Waals surface area contributed by atoms with E-state index in [1.54, 1.807) is 7.11 Å². The van der Waals surface area contributed by atoms with Gasteiger partial charge in [0.2, 0.25) is 0 Å². The second-order valence-corrected chi connectivity index (χ2v) is 7.25. The van der Waals surface area contributed by atoms with E-state index in [2.05, 4.69) is 17.1 Å². The van der Waals surface area contributed by atoms with Crippen molar-refractivity contribution in [3.63, 3.8) is 0 Å². The van der Waals surface area contributed by atoms with Gasteiger partial charge >= 0.3 is 0 Å². The van der Waals surface area contributed by atoms with E-state index in [4.69, 9.17) is 21.7 Å². The first-order valence-electron chi connectivity index (χ1n) is 10.1. The predicted octanol–water partition coefficient (Wildman–Crippen LogP) is 5.99. The molecule has 5 nitrogen and oxygen atoms in total. The Morgan fingerprint density at radius 1 is 1.04 bits per heavy atom. The summed E-state index contributed by atoms with van der Waals surface area (Å²) in [6.45, 7) is 3.46. The summed E-state index contributed by atoms with van der Waals surface area (Å²) in [6.07, 6.45) is 11.8. The predicted molar refractivity (Wildman–Crippen MR) is 112 cm³/mol. The number of aromatic amines is 1. The fourth-order valence-electron chi connectivity index (χ4n) is 3.12. The average Bonchev–Trinajstić information content (AvgIpc) is 3.06. The number of nitrogens with zero attached hydrogens (tertiary/aromatic N) is 2. The highest BCUT2D eigenvalue weighted by Crippen LogP contribution is 2.18. The van der Waals surface area contributed by atoms with E-state index in [0.29, 0.717) is 11.4 Å². The SMILES string of the molecule is CCCCCCCCCCCOCc1n[nH]c(=S)n1-c1cccc(OC)c1. The maximum atomic E-state index is 5.83. The van der Waals surface area contributed by atoms with E-state index in [9.17, 15) is 0 Å². The van der Waals surface area contributed by atoms with Crippen LogP contribution < -0.4 is 4.74 Å². The number of benzene rings is 1. The largest absolute Gasteiger partial charge is 0.497 e. The molecule has 0 spiro atoms. The summed E-state index contributed by atoms with van der Waals surface area (Å²) < 4.78 is 13.6. The Hall–Kier alpha value is -1.66. The van der Waals surface area contributed by atoms with Crippen molar-refractivity contribution in [3.05, 3.63) is 34.9 Å². The molecule has 1 aromatic carbocycles. The van der Waals surface area contributed by atoms with Gasteiger partial charge in [0.15, 0.2) is 10.6 Å². The first-order chi connectivity index (χ1) is 13.3. The van der Waals surface area contributed by atoms with E-state index >= 15 is 0 Å². The van der Waals surface area contributed by atoms with E-state index in [1.807, 2.05) is 28.8 Å². The molecule has 150 valence electrons. The number of methoxy groups -OCH3 is 1. The fraction of sp³-hybridized carbons (Fsp3) is 0.619. The average molecular weight is 392 g/mol. The van der Waals surface area contributed by atoms with Crippen LogP contribution in [0, 0.1) is 4.77 Å². The Kier molecular flexibility index (Phi) is 10.2. The van der Waals surface area contributed by atoms with Gasteiger partial charge < -0.3 is 9.47 Å². The molecule has 1 heterocycles. The molecule has 0 aliphatic rings. The Morgan fingerprint density at radius 2 is 1.74 bits per heavy atom. The lowest BCUT2D eigenvalue weighted by Gasteiger charge is -2.09. The van der Waals surface area contributed by atoms with Crippen LogP contribution in [-0.4, -0.2) is 28.5 Å². The zero-order chi connectivity index (χ0) is 19.3. The van der Waals surface area contributed by atoms with Gasteiger partial charge in [-0.25, -0.2) is 0 Å². The Labute approximate surface area is 168 Å². The number of H-pyrrole nitrogens is 1. The van der Waals surface area contributed by atoms with Gasteiger partial charge in [-0.2, -0.15) is 5.10 Å². The summed E-state index contributed by atoms with van der Waals surface area (Å²) in [5.74, 6) is 1.57. The third-order valence-electron chi connectivity index (χ3n) is 4.68. The molecule has 0 aliphatic carbocycles. The van der Waals surface area contributed by atoms with Gasteiger partial charge in [0.1, 0.15) is 12.4 Å². The van der Waals surface area contributed by atoms with Crippen molar-refractivity contribution < 1.29 is 9.47 Å². The summed E-state index contributed by atoms with van der Waals surface area (Å²) in [7, 11) is 1.66.